The fraction of sp³-hybridized carbons (Fsp3) is 0.571. The topological polar surface area (TPSA) is 28.7 Å². The maximum atomic E-state index is 4.41. The summed E-state index contributed by atoms with van der Waals surface area (Å²) in [6, 6.07) is 12.6. The van der Waals surface area contributed by atoms with Crippen LogP contribution < -0.4 is 0 Å². The lowest BCUT2D eigenvalue weighted by atomic mass is 10.1. The maximum absolute atomic E-state index is 4.41. The second-order valence-corrected chi connectivity index (χ2v) is 7.63. The average Bonchev–Trinajstić information content (AvgIpc) is 3.09. The van der Waals surface area contributed by atoms with Crippen LogP contribution in [0.15, 0.2) is 41.4 Å². The number of H-pyrrole nitrogens is 1. The summed E-state index contributed by atoms with van der Waals surface area (Å²) < 4.78 is 0. The molecule has 1 N–H and O–H groups in total. The van der Waals surface area contributed by atoms with Gasteiger partial charge in [0, 0.05) is 0 Å². The van der Waals surface area contributed by atoms with E-state index in [1.165, 1.54) is 75.5 Å². The number of thioether (sulfide) groups is 1. The third-order valence-electron chi connectivity index (χ3n) is 4.39. The van der Waals surface area contributed by atoms with E-state index in [-0.39, 0.29) is 0 Å². The predicted molar refractivity (Wildman–Crippen MR) is 107 cm³/mol. The predicted octanol–water partition coefficient (Wildman–Crippen LogP) is 7.09. The van der Waals surface area contributed by atoms with Crippen LogP contribution in [0.5, 0.6) is 0 Å². The molecule has 0 aliphatic rings. The summed E-state index contributed by atoms with van der Waals surface area (Å²) in [6.07, 6.45) is 14.0. The summed E-state index contributed by atoms with van der Waals surface area (Å²) in [5.41, 5.74) is 2.32. The van der Waals surface area contributed by atoms with E-state index in [1.807, 2.05) is 17.8 Å². The van der Waals surface area contributed by atoms with Gasteiger partial charge in [-0.25, -0.2) is 0 Å². The summed E-state index contributed by atoms with van der Waals surface area (Å²) in [6.45, 7) is 2.28. The van der Waals surface area contributed by atoms with Gasteiger partial charge in [-0.3, -0.25) is 5.10 Å². The van der Waals surface area contributed by atoms with Crippen molar-refractivity contribution in [3.63, 3.8) is 0 Å². The van der Waals surface area contributed by atoms with Crippen molar-refractivity contribution in [3.8, 4) is 11.3 Å². The molecule has 0 saturated heterocycles. The lowest BCUT2D eigenvalue weighted by Crippen LogP contribution is -1.84. The van der Waals surface area contributed by atoms with Crippen LogP contribution in [-0.2, 0) is 0 Å². The van der Waals surface area contributed by atoms with Gasteiger partial charge in [-0.15, -0.1) is 11.8 Å². The first-order chi connectivity index (χ1) is 11.9. The minimum atomic E-state index is 1.11. The van der Waals surface area contributed by atoms with Gasteiger partial charge < -0.3 is 0 Å². The second-order valence-electron chi connectivity index (χ2n) is 6.52. The maximum Gasteiger partial charge on any atom is 0.119 e. The molecule has 0 fully saturated rings. The number of nitrogens with one attached hydrogen (secondary N) is 1. The lowest BCUT2D eigenvalue weighted by molar-refractivity contribution is 0.563. The summed E-state index contributed by atoms with van der Waals surface area (Å²) >= 11 is 1.87. The van der Waals surface area contributed by atoms with Crippen LogP contribution in [-0.4, -0.2) is 16.0 Å². The first kappa shape index (κ1) is 19.1. The van der Waals surface area contributed by atoms with Crippen LogP contribution in [0.4, 0.5) is 0 Å². The number of unbranched alkanes of at least 4 members (excludes halogenated alkanes) is 9. The minimum Gasteiger partial charge on any atom is -0.277 e. The number of aromatic amines is 1. The van der Waals surface area contributed by atoms with Gasteiger partial charge in [0.15, 0.2) is 0 Å². The van der Waals surface area contributed by atoms with Crippen molar-refractivity contribution < 1.29 is 0 Å². The quantitative estimate of drug-likeness (QED) is 0.310. The fourth-order valence-electron chi connectivity index (χ4n) is 2.91. The van der Waals surface area contributed by atoms with E-state index in [0.29, 0.717) is 0 Å². The zero-order chi connectivity index (χ0) is 16.9. The molecule has 0 amide bonds. The highest BCUT2D eigenvalue weighted by molar-refractivity contribution is 7.99. The van der Waals surface area contributed by atoms with Gasteiger partial charge in [0.05, 0.1) is 5.69 Å². The van der Waals surface area contributed by atoms with Gasteiger partial charge in [-0.05, 0) is 23.8 Å². The van der Waals surface area contributed by atoms with Crippen LogP contribution in [0.1, 0.15) is 71.1 Å². The molecule has 0 radical (unpaired) electrons. The highest BCUT2D eigenvalue weighted by atomic mass is 32.2. The van der Waals surface area contributed by atoms with Gasteiger partial charge in [0.2, 0.25) is 0 Å². The Morgan fingerprint density at radius 2 is 1.46 bits per heavy atom. The summed E-state index contributed by atoms with van der Waals surface area (Å²) in [5.74, 6) is 1.18. The van der Waals surface area contributed by atoms with E-state index in [9.17, 15) is 0 Å². The lowest BCUT2D eigenvalue weighted by Gasteiger charge is -2.02. The van der Waals surface area contributed by atoms with Crippen LogP contribution >= 0.6 is 11.8 Å². The number of benzene rings is 1. The van der Waals surface area contributed by atoms with Crippen molar-refractivity contribution in [2.75, 3.05) is 5.75 Å². The minimum absolute atomic E-state index is 1.11. The van der Waals surface area contributed by atoms with Crippen molar-refractivity contribution in [2.45, 2.75) is 76.2 Å². The van der Waals surface area contributed by atoms with Gasteiger partial charge in [0.1, 0.15) is 5.03 Å². The third-order valence-corrected chi connectivity index (χ3v) is 5.38. The van der Waals surface area contributed by atoms with E-state index >= 15 is 0 Å². The van der Waals surface area contributed by atoms with E-state index in [4.69, 9.17) is 0 Å². The normalized spacial score (nSPS) is 11.0. The highest BCUT2D eigenvalue weighted by Crippen LogP contribution is 2.23. The summed E-state index contributed by atoms with van der Waals surface area (Å²) in [7, 11) is 0. The molecule has 0 unspecified atom stereocenters. The Labute approximate surface area is 151 Å². The van der Waals surface area contributed by atoms with E-state index < -0.39 is 0 Å². The molecule has 0 aliphatic carbocycles. The molecule has 2 aromatic rings. The van der Waals surface area contributed by atoms with Crippen molar-refractivity contribution >= 4 is 11.8 Å². The molecule has 1 heterocycles. The molecule has 3 heteroatoms. The Kier molecular flexibility index (Phi) is 9.70. The van der Waals surface area contributed by atoms with Crippen molar-refractivity contribution in [2.24, 2.45) is 0 Å². The van der Waals surface area contributed by atoms with E-state index in [0.717, 1.165) is 10.7 Å². The van der Waals surface area contributed by atoms with Crippen LogP contribution in [0.2, 0.25) is 0 Å². The van der Waals surface area contributed by atoms with Gasteiger partial charge >= 0.3 is 0 Å². The van der Waals surface area contributed by atoms with Gasteiger partial charge in [-0.1, -0.05) is 95.0 Å². The Morgan fingerprint density at radius 1 is 0.833 bits per heavy atom. The summed E-state index contributed by atoms with van der Waals surface area (Å²) in [5, 5.41) is 8.67. The Morgan fingerprint density at radius 3 is 2.12 bits per heavy atom. The van der Waals surface area contributed by atoms with Crippen molar-refractivity contribution in [1.29, 1.82) is 0 Å². The standard InChI is InChI=1S/C21H32N2S/c1-2-3-4-5-6-7-8-9-10-14-17-24-21-18-20(22-23-21)19-15-12-11-13-16-19/h11-13,15-16,18H,2-10,14,17H2,1H3,(H,22,23). The van der Waals surface area contributed by atoms with E-state index in [1.54, 1.807) is 0 Å². The molecule has 0 aliphatic heterocycles. The van der Waals surface area contributed by atoms with E-state index in [2.05, 4.69) is 47.5 Å². The molecule has 0 bridgehead atoms. The molecule has 132 valence electrons. The average molecular weight is 345 g/mol. The molecule has 0 spiro atoms. The largest absolute Gasteiger partial charge is 0.277 e. The summed E-state index contributed by atoms with van der Waals surface area (Å²) in [4.78, 5) is 0. The Balaban J connectivity index is 1.49. The second kappa shape index (κ2) is 12.2. The first-order valence-corrected chi connectivity index (χ1v) is 10.6. The zero-order valence-corrected chi connectivity index (χ0v) is 15.9. The monoisotopic (exact) mass is 344 g/mol. The molecule has 2 nitrogen and oxygen atoms in total. The van der Waals surface area contributed by atoms with Gasteiger partial charge in [0.25, 0.3) is 0 Å². The zero-order valence-electron chi connectivity index (χ0n) is 15.1. The van der Waals surface area contributed by atoms with Crippen molar-refractivity contribution in [3.05, 3.63) is 36.4 Å². The molecular formula is C21H32N2S. The molecule has 2 rings (SSSR count). The highest BCUT2D eigenvalue weighted by Gasteiger charge is 2.03. The number of aromatic nitrogens is 2. The van der Waals surface area contributed by atoms with Gasteiger partial charge in [-0.2, -0.15) is 5.10 Å². The smallest absolute Gasteiger partial charge is 0.119 e. The third kappa shape index (κ3) is 7.57. The van der Waals surface area contributed by atoms with Crippen LogP contribution in [0, 0.1) is 0 Å². The molecule has 0 atom stereocenters. The van der Waals surface area contributed by atoms with Crippen molar-refractivity contribution in [1.82, 2.24) is 10.2 Å². The Hall–Kier alpha value is -1.22. The van der Waals surface area contributed by atoms with Crippen LogP contribution in [0.25, 0.3) is 11.3 Å². The number of hydrogen-bond donors (Lipinski definition) is 1. The molecule has 24 heavy (non-hydrogen) atoms. The Bertz CT molecular complexity index is 536. The molecule has 1 aromatic heterocycles. The number of nitrogens with zero attached hydrogens (tertiary/aromatic N) is 1. The first-order valence-electron chi connectivity index (χ1n) is 9.64. The molecular weight excluding hydrogens is 312 g/mol. The SMILES string of the molecule is CCCCCCCCCCCCSc1cc(-c2ccccc2)[nH]n1. The fourth-order valence-corrected chi connectivity index (χ4v) is 3.78. The van der Waals surface area contributed by atoms with Crippen LogP contribution in [0.3, 0.4) is 0 Å². The number of hydrogen-bond acceptors (Lipinski definition) is 2. The number of rotatable bonds is 13. The molecule has 0 saturated carbocycles. The molecule has 1 aromatic carbocycles.